The second kappa shape index (κ2) is 3.58. The summed E-state index contributed by atoms with van der Waals surface area (Å²) < 4.78 is 13.4. The smallest absolute Gasteiger partial charge is 0.129 e. The van der Waals surface area contributed by atoms with Crippen LogP contribution in [0.4, 0.5) is 4.39 Å². The van der Waals surface area contributed by atoms with Gasteiger partial charge in [-0.15, -0.1) is 0 Å². The summed E-state index contributed by atoms with van der Waals surface area (Å²) in [6.45, 7) is 4.13. The minimum Gasteiger partial charge on any atom is -0.387 e. The quantitative estimate of drug-likeness (QED) is 0.780. The van der Waals surface area contributed by atoms with E-state index in [4.69, 9.17) is 0 Å². The van der Waals surface area contributed by atoms with Crippen molar-refractivity contribution in [3.8, 4) is 0 Å². The van der Waals surface area contributed by atoms with Crippen LogP contribution in [0.25, 0.3) is 0 Å². The average molecular weight is 209 g/mol. The van der Waals surface area contributed by atoms with Crippen LogP contribution >= 0.6 is 0 Å². The Bertz CT molecular complexity index is 356. The van der Waals surface area contributed by atoms with Gasteiger partial charge >= 0.3 is 0 Å². The van der Waals surface area contributed by atoms with Crippen LogP contribution in [0.1, 0.15) is 31.9 Å². The zero-order chi connectivity index (χ0) is 11.1. The van der Waals surface area contributed by atoms with Crippen LogP contribution in [0.3, 0.4) is 0 Å². The lowest BCUT2D eigenvalue weighted by molar-refractivity contribution is 0.0369. The van der Waals surface area contributed by atoms with Crippen molar-refractivity contribution in [2.75, 3.05) is 0 Å². The molecule has 2 atom stereocenters. The molecule has 2 nitrogen and oxygen atoms in total. The lowest BCUT2D eigenvalue weighted by atomic mass is 9.80. The average Bonchev–Trinajstić information content (AvgIpc) is 2.14. The minimum atomic E-state index is -0.751. The molecule has 1 saturated heterocycles. The summed E-state index contributed by atoms with van der Waals surface area (Å²) in [6.07, 6.45) is 0.113. The molecule has 1 aliphatic rings. The number of nitrogens with one attached hydrogen (secondary N) is 1. The van der Waals surface area contributed by atoms with Crippen LogP contribution in [0.2, 0.25) is 0 Å². The number of aliphatic hydroxyl groups is 1. The third kappa shape index (κ3) is 2.03. The summed E-state index contributed by atoms with van der Waals surface area (Å²) in [6, 6.07) is 6.35. The standard InChI is InChI=1S/C12H16FNO/c1-12(2)7-10(14-12)11(15)8-5-3-4-6-9(8)13/h3-6,10-11,14-15H,7H2,1-2H3/t10?,11-/m1/s1. The predicted octanol–water partition coefficient (Wildman–Crippen LogP) is 2.00. The molecule has 1 heterocycles. The maximum Gasteiger partial charge on any atom is 0.129 e. The summed E-state index contributed by atoms with van der Waals surface area (Å²) in [4.78, 5) is 0. The summed E-state index contributed by atoms with van der Waals surface area (Å²) in [7, 11) is 0. The molecule has 1 aliphatic heterocycles. The molecule has 1 unspecified atom stereocenters. The van der Waals surface area contributed by atoms with E-state index in [9.17, 15) is 9.50 Å². The van der Waals surface area contributed by atoms with E-state index < -0.39 is 6.10 Å². The Balaban J connectivity index is 2.10. The second-order valence-electron chi connectivity index (χ2n) is 4.81. The topological polar surface area (TPSA) is 32.3 Å². The highest BCUT2D eigenvalue weighted by Crippen LogP contribution is 2.32. The maximum absolute atomic E-state index is 13.4. The van der Waals surface area contributed by atoms with Crippen molar-refractivity contribution in [3.05, 3.63) is 35.6 Å². The number of halogens is 1. The molecule has 15 heavy (non-hydrogen) atoms. The number of hydrogen-bond acceptors (Lipinski definition) is 2. The first kappa shape index (κ1) is 10.6. The van der Waals surface area contributed by atoms with E-state index in [1.165, 1.54) is 6.07 Å². The van der Waals surface area contributed by atoms with E-state index in [0.717, 1.165) is 6.42 Å². The second-order valence-corrected chi connectivity index (χ2v) is 4.81. The number of rotatable bonds is 2. The predicted molar refractivity (Wildman–Crippen MR) is 57.0 cm³/mol. The Morgan fingerprint density at radius 3 is 2.60 bits per heavy atom. The van der Waals surface area contributed by atoms with E-state index in [1.54, 1.807) is 18.2 Å². The Kier molecular flexibility index (Phi) is 2.52. The molecule has 0 amide bonds. The fraction of sp³-hybridized carbons (Fsp3) is 0.500. The van der Waals surface area contributed by atoms with Gasteiger partial charge in [-0.3, -0.25) is 0 Å². The fourth-order valence-corrected chi connectivity index (χ4v) is 2.15. The Morgan fingerprint density at radius 1 is 1.47 bits per heavy atom. The first-order chi connectivity index (χ1) is 6.99. The molecule has 2 rings (SSSR count). The summed E-state index contributed by atoms with van der Waals surface area (Å²) >= 11 is 0. The first-order valence-electron chi connectivity index (χ1n) is 5.20. The largest absolute Gasteiger partial charge is 0.387 e. The van der Waals surface area contributed by atoms with Gasteiger partial charge in [-0.1, -0.05) is 18.2 Å². The van der Waals surface area contributed by atoms with Crippen molar-refractivity contribution in [1.29, 1.82) is 0 Å². The van der Waals surface area contributed by atoms with Gasteiger partial charge in [-0.25, -0.2) is 4.39 Å². The third-order valence-electron chi connectivity index (χ3n) is 2.91. The van der Waals surface area contributed by atoms with Gasteiger partial charge in [0.1, 0.15) is 5.82 Å². The van der Waals surface area contributed by atoms with Gasteiger partial charge in [0.2, 0.25) is 0 Å². The molecule has 0 aromatic heterocycles. The normalized spacial score (nSPS) is 25.7. The zero-order valence-electron chi connectivity index (χ0n) is 9.00. The lowest BCUT2D eigenvalue weighted by Gasteiger charge is -2.46. The number of benzene rings is 1. The van der Waals surface area contributed by atoms with Gasteiger partial charge in [0.15, 0.2) is 0 Å². The van der Waals surface area contributed by atoms with Gasteiger partial charge in [0, 0.05) is 17.1 Å². The Hall–Kier alpha value is -0.930. The fourth-order valence-electron chi connectivity index (χ4n) is 2.15. The zero-order valence-corrected chi connectivity index (χ0v) is 9.00. The van der Waals surface area contributed by atoms with Crippen LogP contribution in [-0.4, -0.2) is 16.7 Å². The monoisotopic (exact) mass is 209 g/mol. The number of aliphatic hydroxyl groups excluding tert-OH is 1. The van der Waals surface area contributed by atoms with Crippen molar-refractivity contribution < 1.29 is 9.50 Å². The van der Waals surface area contributed by atoms with E-state index in [2.05, 4.69) is 19.2 Å². The molecule has 2 N–H and O–H groups in total. The van der Waals surface area contributed by atoms with Crippen LogP contribution in [-0.2, 0) is 0 Å². The van der Waals surface area contributed by atoms with Gasteiger partial charge in [0.05, 0.1) is 6.10 Å². The molecule has 0 aliphatic carbocycles. The minimum absolute atomic E-state index is 0.0306. The van der Waals surface area contributed by atoms with Gasteiger partial charge in [-0.05, 0) is 26.3 Å². The highest BCUT2D eigenvalue weighted by atomic mass is 19.1. The van der Waals surface area contributed by atoms with Gasteiger partial charge in [0.25, 0.3) is 0 Å². The Morgan fingerprint density at radius 2 is 2.07 bits per heavy atom. The van der Waals surface area contributed by atoms with Crippen LogP contribution < -0.4 is 5.32 Å². The van der Waals surface area contributed by atoms with Gasteiger partial charge < -0.3 is 10.4 Å². The molecule has 1 aromatic carbocycles. The molecule has 0 saturated carbocycles. The summed E-state index contributed by atoms with van der Waals surface area (Å²) in [5.41, 5.74) is 0.446. The number of hydrogen-bond donors (Lipinski definition) is 2. The van der Waals surface area contributed by atoms with Crippen LogP contribution in [0.5, 0.6) is 0 Å². The molecule has 0 radical (unpaired) electrons. The Labute approximate surface area is 89.1 Å². The summed E-state index contributed by atoms with van der Waals surface area (Å²) in [5, 5.41) is 13.2. The van der Waals surface area contributed by atoms with Crippen molar-refractivity contribution in [2.45, 2.75) is 38.0 Å². The van der Waals surface area contributed by atoms with Gasteiger partial charge in [-0.2, -0.15) is 0 Å². The molecular weight excluding hydrogens is 193 g/mol. The van der Waals surface area contributed by atoms with Crippen molar-refractivity contribution in [2.24, 2.45) is 0 Å². The maximum atomic E-state index is 13.4. The van der Waals surface area contributed by atoms with Crippen molar-refractivity contribution >= 4 is 0 Å². The molecule has 0 bridgehead atoms. The molecule has 1 fully saturated rings. The van der Waals surface area contributed by atoms with E-state index in [-0.39, 0.29) is 17.4 Å². The third-order valence-corrected chi connectivity index (χ3v) is 2.91. The summed E-state index contributed by atoms with van der Waals surface area (Å²) in [5.74, 6) is -0.337. The van der Waals surface area contributed by atoms with Crippen molar-refractivity contribution in [1.82, 2.24) is 5.32 Å². The molecule has 0 spiro atoms. The first-order valence-corrected chi connectivity index (χ1v) is 5.20. The molecule has 3 heteroatoms. The highest BCUT2D eigenvalue weighted by Gasteiger charge is 2.40. The van der Waals surface area contributed by atoms with Crippen molar-refractivity contribution in [3.63, 3.8) is 0 Å². The van der Waals surface area contributed by atoms with Crippen LogP contribution in [0, 0.1) is 5.82 Å². The van der Waals surface area contributed by atoms with E-state index in [1.807, 2.05) is 0 Å². The molecule has 82 valence electrons. The molecule has 1 aromatic rings. The lowest BCUT2D eigenvalue weighted by Crippen LogP contribution is -2.62. The molecular formula is C12H16FNO. The van der Waals surface area contributed by atoms with E-state index >= 15 is 0 Å². The SMILES string of the molecule is CC1(C)CC([C@H](O)c2ccccc2F)N1. The van der Waals surface area contributed by atoms with Crippen LogP contribution in [0.15, 0.2) is 24.3 Å². The highest BCUT2D eigenvalue weighted by molar-refractivity contribution is 5.22. The van der Waals surface area contributed by atoms with E-state index in [0.29, 0.717) is 5.56 Å².